The number of hydrogen-bond donors (Lipinski definition) is 0. The van der Waals surface area contributed by atoms with Crippen LogP contribution in [0.2, 0.25) is 0 Å². The molecule has 1 aromatic carbocycles. The Hall–Kier alpha value is -2.30. The van der Waals surface area contributed by atoms with Gasteiger partial charge in [0.2, 0.25) is 0 Å². The van der Waals surface area contributed by atoms with Crippen LogP contribution in [0.15, 0.2) is 27.4 Å². The number of rotatable bonds is 3. The predicted molar refractivity (Wildman–Crippen MR) is 69.5 cm³/mol. The van der Waals surface area contributed by atoms with E-state index in [1.54, 1.807) is 25.1 Å². The summed E-state index contributed by atoms with van der Waals surface area (Å²) in [5.41, 5.74) is 1.55. The summed E-state index contributed by atoms with van der Waals surface area (Å²) in [6.07, 6.45) is 0. The average Bonchev–Trinajstić information content (AvgIpc) is 2.42. The molecule has 2 aromatic rings. The van der Waals surface area contributed by atoms with Crippen LogP contribution < -0.4 is 10.4 Å². The van der Waals surface area contributed by atoms with Crippen LogP contribution in [0.5, 0.6) is 5.75 Å². The van der Waals surface area contributed by atoms with Crippen LogP contribution in [0.3, 0.4) is 0 Å². The maximum absolute atomic E-state index is 11.6. The largest absolute Gasteiger partial charge is 0.482 e. The summed E-state index contributed by atoms with van der Waals surface area (Å²) in [6.45, 7) is 3.41. The molecule has 2 rings (SSSR count). The Labute approximate surface area is 109 Å². The molecule has 0 atom stereocenters. The lowest BCUT2D eigenvalue weighted by Gasteiger charge is -2.07. The molecule has 5 nitrogen and oxygen atoms in total. The van der Waals surface area contributed by atoms with Gasteiger partial charge in [-0.1, -0.05) is 0 Å². The zero-order valence-electron chi connectivity index (χ0n) is 11.0. The van der Waals surface area contributed by atoms with E-state index in [1.165, 1.54) is 7.11 Å². The second-order valence-electron chi connectivity index (χ2n) is 4.16. The van der Waals surface area contributed by atoms with E-state index in [0.717, 1.165) is 10.9 Å². The van der Waals surface area contributed by atoms with E-state index < -0.39 is 5.97 Å². The van der Waals surface area contributed by atoms with Gasteiger partial charge in [-0.25, -0.2) is 9.59 Å². The molecule has 0 aliphatic carbocycles. The summed E-state index contributed by atoms with van der Waals surface area (Å²) in [4.78, 5) is 22.6. The molecule has 0 amide bonds. The van der Waals surface area contributed by atoms with Crippen LogP contribution in [-0.2, 0) is 9.53 Å². The standard InChI is InChI=1S/C14H14O5/c1-8-9(2)14(16)19-12-6-10(4-5-11(8)12)18-7-13(15)17-3/h4-6H,7H2,1-3H3. The van der Waals surface area contributed by atoms with E-state index in [4.69, 9.17) is 9.15 Å². The third-order valence-corrected chi connectivity index (χ3v) is 3.01. The Morgan fingerprint density at radius 1 is 1.26 bits per heavy atom. The van der Waals surface area contributed by atoms with Gasteiger partial charge in [0.1, 0.15) is 11.3 Å². The molecule has 0 aliphatic rings. The minimum absolute atomic E-state index is 0.183. The molecule has 5 heteroatoms. The van der Waals surface area contributed by atoms with Crippen LogP contribution in [0.4, 0.5) is 0 Å². The van der Waals surface area contributed by atoms with E-state index in [0.29, 0.717) is 16.9 Å². The van der Waals surface area contributed by atoms with Crippen molar-refractivity contribution in [3.63, 3.8) is 0 Å². The average molecular weight is 262 g/mol. The highest BCUT2D eigenvalue weighted by Crippen LogP contribution is 2.23. The van der Waals surface area contributed by atoms with Crippen molar-refractivity contribution in [3.8, 4) is 5.75 Å². The second-order valence-corrected chi connectivity index (χ2v) is 4.16. The van der Waals surface area contributed by atoms with Gasteiger partial charge in [-0.05, 0) is 31.5 Å². The van der Waals surface area contributed by atoms with Crippen molar-refractivity contribution in [2.24, 2.45) is 0 Å². The summed E-state index contributed by atoms with van der Waals surface area (Å²) < 4.78 is 14.9. The van der Waals surface area contributed by atoms with Gasteiger partial charge in [0.15, 0.2) is 6.61 Å². The summed E-state index contributed by atoms with van der Waals surface area (Å²) in [5.74, 6) is -0.0223. The van der Waals surface area contributed by atoms with Crippen molar-refractivity contribution in [2.45, 2.75) is 13.8 Å². The van der Waals surface area contributed by atoms with Gasteiger partial charge < -0.3 is 13.9 Å². The minimum Gasteiger partial charge on any atom is -0.482 e. The molecular weight excluding hydrogens is 248 g/mol. The highest BCUT2D eigenvalue weighted by atomic mass is 16.6. The van der Waals surface area contributed by atoms with Crippen LogP contribution in [-0.4, -0.2) is 19.7 Å². The summed E-state index contributed by atoms with van der Waals surface area (Å²) in [6, 6.07) is 5.11. The summed E-state index contributed by atoms with van der Waals surface area (Å²) in [7, 11) is 1.29. The number of carbonyl (C=O) groups is 1. The summed E-state index contributed by atoms with van der Waals surface area (Å²) in [5, 5.41) is 0.850. The molecule has 0 bridgehead atoms. The normalized spacial score (nSPS) is 10.5. The number of aryl methyl sites for hydroxylation is 1. The lowest BCUT2D eigenvalue weighted by atomic mass is 10.1. The molecule has 0 N–H and O–H groups in total. The number of methoxy groups -OCH3 is 1. The minimum atomic E-state index is -0.471. The molecule has 0 saturated carbocycles. The van der Waals surface area contributed by atoms with E-state index in [9.17, 15) is 9.59 Å². The van der Waals surface area contributed by atoms with Gasteiger partial charge in [-0.2, -0.15) is 0 Å². The Morgan fingerprint density at radius 2 is 2.00 bits per heavy atom. The number of hydrogen-bond acceptors (Lipinski definition) is 5. The zero-order valence-corrected chi connectivity index (χ0v) is 11.0. The number of carbonyl (C=O) groups excluding carboxylic acids is 1. The first-order chi connectivity index (χ1) is 9.02. The molecule has 0 fully saturated rings. The fraction of sp³-hybridized carbons (Fsp3) is 0.286. The van der Waals surface area contributed by atoms with Crippen LogP contribution in [0.25, 0.3) is 11.0 Å². The zero-order chi connectivity index (χ0) is 14.0. The SMILES string of the molecule is COC(=O)COc1ccc2c(C)c(C)c(=O)oc2c1. The molecule has 0 aliphatic heterocycles. The Balaban J connectivity index is 2.38. The van der Waals surface area contributed by atoms with Crippen LogP contribution >= 0.6 is 0 Å². The van der Waals surface area contributed by atoms with Crippen molar-refractivity contribution in [3.05, 3.63) is 39.7 Å². The van der Waals surface area contributed by atoms with Crippen molar-refractivity contribution < 1.29 is 18.7 Å². The first-order valence-corrected chi connectivity index (χ1v) is 5.76. The first kappa shape index (κ1) is 13.1. The van der Waals surface area contributed by atoms with Crippen molar-refractivity contribution in [1.82, 2.24) is 0 Å². The molecule has 1 heterocycles. The van der Waals surface area contributed by atoms with Gasteiger partial charge >= 0.3 is 11.6 Å². The maximum Gasteiger partial charge on any atom is 0.343 e. The van der Waals surface area contributed by atoms with Crippen molar-refractivity contribution in [2.75, 3.05) is 13.7 Å². The number of fused-ring (bicyclic) bond motifs is 1. The Bertz CT molecular complexity index is 684. The van der Waals surface area contributed by atoms with Gasteiger partial charge in [-0.15, -0.1) is 0 Å². The van der Waals surface area contributed by atoms with Gasteiger partial charge in [0.25, 0.3) is 0 Å². The van der Waals surface area contributed by atoms with Gasteiger partial charge in [-0.3, -0.25) is 0 Å². The molecule has 0 unspecified atom stereocenters. The molecule has 0 spiro atoms. The Morgan fingerprint density at radius 3 is 2.68 bits per heavy atom. The lowest BCUT2D eigenvalue weighted by Crippen LogP contribution is -2.12. The van der Waals surface area contributed by atoms with E-state index in [-0.39, 0.29) is 12.2 Å². The highest BCUT2D eigenvalue weighted by Gasteiger charge is 2.09. The first-order valence-electron chi connectivity index (χ1n) is 5.76. The topological polar surface area (TPSA) is 65.7 Å². The third kappa shape index (κ3) is 2.59. The highest BCUT2D eigenvalue weighted by molar-refractivity contribution is 5.82. The predicted octanol–water partition coefficient (Wildman–Crippen LogP) is 1.96. The monoisotopic (exact) mass is 262 g/mol. The molecule has 0 radical (unpaired) electrons. The Kier molecular flexibility index (Phi) is 3.55. The molecule has 100 valence electrons. The summed E-state index contributed by atoms with van der Waals surface area (Å²) >= 11 is 0. The van der Waals surface area contributed by atoms with Gasteiger partial charge in [0.05, 0.1) is 7.11 Å². The van der Waals surface area contributed by atoms with Crippen molar-refractivity contribution >= 4 is 16.9 Å². The second kappa shape index (κ2) is 5.14. The smallest absolute Gasteiger partial charge is 0.343 e. The van der Waals surface area contributed by atoms with E-state index >= 15 is 0 Å². The van der Waals surface area contributed by atoms with Gasteiger partial charge in [0, 0.05) is 17.0 Å². The van der Waals surface area contributed by atoms with E-state index in [2.05, 4.69) is 4.74 Å². The quantitative estimate of drug-likeness (QED) is 0.625. The van der Waals surface area contributed by atoms with Crippen LogP contribution in [0.1, 0.15) is 11.1 Å². The molecule has 19 heavy (non-hydrogen) atoms. The van der Waals surface area contributed by atoms with E-state index in [1.807, 2.05) is 6.92 Å². The molecular formula is C14H14O5. The fourth-order valence-corrected chi connectivity index (χ4v) is 1.72. The molecule has 1 aromatic heterocycles. The van der Waals surface area contributed by atoms with Crippen molar-refractivity contribution in [1.29, 1.82) is 0 Å². The van der Waals surface area contributed by atoms with Crippen LogP contribution in [0, 0.1) is 13.8 Å². The molecule has 0 saturated heterocycles. The maximum atomic E-state index is 11.6. The lowest BCUT2D eigenvalue weighted by molar-refractivity contribution is -0.142. The number of esters is 1. The third-order valence-electron chi connectivity index (χ3n) is 3.01. The fourth-order valence-electron chi connectivity index (χ4n) is 1.72. The number of benzene rings is 1. The number of ether oxygens (including phenoxy) is 2.